The van der Waals surface area contributed by atoms with Gasteiger partial charge in [-0.3, -0.25) is 10.1 Å². The number of nitro benzene ring substituents is 1. The predicted octanol–water partition coefficient (Wildman–Crippen LogP) is 3.85. The van der Waals surface area contributed by atoms with E-state index >= 15 is 0 Å². The zero-order valence-electron chi connectivity index (χ0n) is 14.0. The molecule has 1 N–H and O–H groups in total. The normalized spacial score (nSPS) is 18.2. The number of hydrogen-bond acceptors (Lipinski definition) is 5. The van der Waals surface area contributed by atoms with Gasteiger partial charge in [0.15, 0.2) is 0 Å². The molecular formula is C16H22BrN3O4. The molecule has 0 aromatic heterocycles. The molecule has 1 amide bonds. The third-order valence-corrected chi connectivity index (χ3v) is 4.26. The van der Waals surface area contributed by atoms with Crippen molar-refractivity contribution in [3.63, 3.8) is 0 Å². The highest BCUT2D eigenvalue weighted by Gasteiger charge is 2.29. The lowest BCUT2D eigenvalue weighted by Gasteiger charge is -2.35. The van der Waals surface area contributed by atoms with Gasteiger partial charge in [0.05, 0.1) is 4.92 Å². The number of hydrogen-bond donors (Lipinski definition) is 1. The molecule has 7 nitrogen and oxygen atoms in total. The van der Waals surface area contributed by atoms with Crippen LogP contribution in [0.1, 0.15) is 33.6 Å². The number of para-hydroxylation sites is 1. The number of rotatable bonds is 3. The van der Waals surface area contributed by atoms with Gasteiger partial charge in [-0.1, -0.05) is 6.07 Å². The maximum atomic E-state index is 11.9. The molecule has 0 unspecified atom stereocenters. The summed E-state index contributed by atoms with van der Waals surface area (Å²) in [5.41, 5.74) is 0.0557. The van der Waals surface area contributed by atoms with Crippen LogP contribution < -0.4 is 10.2 Å². The second-order valence-electron chi connectivity index (χ2n) is 6.80. The maximum Gasteiger partial charge on any atom is 0.407 e. The maximum absolute atomic E-state index is 11.9. The molecule has 132 valence electrons. The lowest BCUT2D eigenvalue weighted by Crippen LogP contribution is -2.49. The molecule has 8 heteroatoms. The van der Waals surface area contributed by atoms with Crippen molar-refractivity contribution in [3.8, 4) is 0 Å². The molecule has 1 aliphatic heterocycles. The van der Waals surface area contributed by atoms with E-state index in [9.17, 15) is 14.9 Å². The minimum absolute atomic E-state index is 0.0577. The fourth-order valence-electron chi connectivity index (χ4n) is 2.74. The van der Waals surface area contributed by atoms with Crippen molar-refractivity contribution < 1.29 is 14.5 Å². The van der Waals surface area contributed by atoms with Gasteiger partial charge in [-0.15, -0.1) is 0 Å². The lowest BCUT2D eigenvalue weighted by atomic mass is 10.0. The molecule has 1 atom stereocenters. The Bertz CT molecular complexity index is 630. The lowest BCUT2D eigenvalue weighted by molar-refractivity contribution is -0.384. The molecule has 0 bridgehead atoms. The average Bonchev–Trinajstić information content (AvgIpc) is 2.44. The Balaban J connectivity index is 2.12. The van der Waals surface area contributed by atoms with Crippen molar-refractivity contribution in [1.29, 1.82) is 0 Å². The topological polar surface area (TPSA) is 84.7 Å². The number of carbonyl (C=O) groups is 1. The number of carbonyl (C=O) groups excluding carboxylic acids is 1. The number of anilines is 1. The number of ether oxygens (including phenoxy) is 1. The first-order chi connectivity index (χ1) is 11.2. The van der Waals surface area contributed by atoms with E-state index < -0.39 is 11.7 Å². The van der Waals surface area contributed by atoms with E-state index in [1.54, 1.807) is 12.1 Å². The van der Waals surface area contributed by atoms with E-state index in [0.717, 1.165) is 12.8 Å². The van der Waals surface area contributed by atoms with E-state index in [4.69, 9.17) is 4.74 Å². The SMILES string of the molecule is CC(C)(C)OC(=O)N[C@H]1CCCN(c2c(Br)cccc2[N+](=O)[O-])C1. The summed E-state index contributed by atoms with van der Waals surface area (Å²) < 4.78 is 5.96. The molecule has 1 saturated heterocycles. The number of nitrogens with zero attached hydrogens (tertiary/aromatic N) is 2. The Morgan fingerprint density at radius 1 is 1.46 bits per heavy atom. The highest BCUT2D eigenvalue weighted by molar-refractivity contribution is 9.10. The highest BCUT2D eigenvalue weighted by atomic mass is 79.9. The van der Waals surface area contributed by atoms with Gasteiger partial charge in [-0.05, 0) is 55.6 Å². The standard InChI is InChI=1S/C16H22BrN3O4/c1-16(2,3)24-15(21)18-11-6-5-9-19(10-11)14-12(17)7-4-8-13(14)20(22)23/h4,7-8,11H,5-6,9-10H2,1-3H3,(H,18,21)/t11-/m0/s1. The van der Waals surface area contributed by atoms with Crippen molar-refractivity contribution in [2.24, 2.45) is 0 Å². The second-order valence-corrected chi connectivity index (χ2v) is 7.65. The first kappa shape index (κ1) is 18.5. The molecule has 1 aromatic rings. The smallest absolute Gasteiger partial charge is 0.407 e. The van der Waals surface area contributed by atoms with Crippen LogP contribution in [0.25, 0.3) is 0 Å². The summed E-state index contributed by atoms with van der Waals surface area (Å²) in [5.74, 6) is 0. The van der Waals surface area contributed by atoms with Gasteiger partial charge in [-0.25, -0.2) is 4.79 Å². The van der Waals surface area contributed by atoms with Crippen LogP contribution >= 0.6 is 15.9 Å². The van der Waals surface area contributed by atoms with Crippen LogP contribution in [0.4, 0.5) is 16.2 Å². The third kappa shape index (κ3) is 4.83. The molecule has 2 rings (SSSR count). The van der Waals surface area contributed by atoms with E-state index in [0.29, 0.717) is 23.2 Å². The zero-order chi connectivity index (χ0) is 17.9. The number of nitro groups is 1. The number of piperidine rings is 1. The summed E-state index contributed by atoms with van der Waals surface area (Å²) in [6, 6.07) is 4.81. The molecule has 1 heterocycles. The quantitative estimate of drug-likeness (QED) is 0.616. The monoisotopic (exact) mass is 399 g/mol. The number of amides is 1. The number of nitrogens with one attached hydrogen (secondary N) is 1. The number of benzene rings is 1. The van der Waals surface area contributed by atoms with Gasteiger partial charge in [0.25, 0.3) is 5.69 Å². The summed E-state index contributed by atoms with van der Waals surface area (Å²) in [6.45, 7) is 6.64. The van der Waals surface area contributed by atoms with E-state index in [1.165, 1.54) is 6.07 Å². The molecule has 0 radical (unpaired) electrons. The predicted molar refractivity (Wildman–Crippen MR) is 95.4 cm³/mol. The Hall–Kier alpha value is -1.83. The van der Waals surface area contributed by atoms with Crippen LogP contribution in [-0.2, 0) is 4.74 Å². The third-order valence-electron chi connectivity index (χ3n) is 3.62. The molecule has 1 aromatic carbocycles. The molecule has 0 saturated carbocycles. The summed E-state index contributed by atoms with van der Waals surface area (Å²) in [7, 11) is 0. The van der Waals surface area contributed by atoms with Crippen LogP contribution in [0.15, 0.2) is 22.7 Å². The van der Waals surface area contributed by atoms with Gasteiger partial charge in [0.2, 0.25) is 0 Å². The van der Waals surface area contributed by atoms with E-state index in [2.05, 4.69) is 21.2 Å². The van der Waals surface area contributed by atoms with Crippen molar-refractivity contribution in [2.45, 2.75) is 45.3 Å². The summed E-state index contributed by atoms with van der Waals surface area (Å²) >= 11 is 3.40. The molecule has 0 aliphatic carbocycles. The van der Waals surface area contributed by atoms with Crippen LogP contribution in [0.3, 0.4) is 0 Å². The molecule has 1 aliphatic rings. The van der Waals surface area contributed by atoms with Crippen molar-refractivity contribution in [1.82, 2.24) is 5.32 Å². The van der Waals surface area contributed by atoms with Crippen LogP contribution in [-0.4, -0.2) is 35.7 Å². The highest BCUT2D eigenvalue weighted by Crippen LogP contribution is 2.37. The summed E-state index contributed by atoms with van der Waals surface area (Å²) in [4.78, 5) is 24.8. The molecule has 24 heavy (non-hydrogen) atoms. The van der Waals surface area contributed by atoms with Crippen LogP contribution in [0.2, 0.25) is 0 Å². The van der Waals surface area contributed by atoms with Gasteiger partial charge in [0.1, 0.15) is 11.3 Å². The number of alkyl carbamates (subject to hydrolysis) is 1. The Labute approximate surface area is 149 Å². The minimum Gasteiger partial charge on any atom is -0.444 e. The fourth-order valence-corrected chi connectivity index (χ4v) is 3.34. The van der Waals surface area contributed by atoms with Crippen molar-refractivity contribution in [2.75, 3.05) is 18.0 Å². The van der Waals surface area contributed by atoms with Crippen molar-refractivity contribution >= 4 is 33.4 Å². The minimum atomic E-state index is -0.556. The zero-order valence-corrected chi connectivity index (χ0v) is 15.6. The Kier molecular flexibility index (Phi) is 5.69. The summed E-state index contributed by atoms with van der Waals surface area (Å²) in [5, 5.41) is 14.2. The number of halogens is 1. The molecule has 1 fully saturated rings. The van der Waals surface area contributed by atoms with Gasteiger partial charge >= 0.3 is 6.09 Å². The van der Waals surface area contributed by atoms with Crippen molar-refractivity contribution in [3.05, 3.63) is 32.8 Å². The first-order valence-electron chi connectivity index (χ1n) is 7.85. The first-order valence-corrected chi connectivity index (χ1v) is 8.64. The second kappa shape index (κ2) is 7.38. The van der Waals surface area contributed by atoms with Gasteiger partial charge in [-0.2, -0.15) is 0 Å². The fraction of sp³-hybridized carbons (Fsp3) is 0.562. The van der Waals surface area contributed by atoms with Gasteiger partial charge < -0.3 is 15.0 Å². The average molecular weight is 400 g/mol. The molecule has 0 spiro atoms. The Morgan fingerprint density at radius 2 is 2.17 bits per heavy atom. The van der Waals surface area contributed by atoms with Crippen LogP contribution in [0, 0.1) is 10.1 Å². The molecular weight excluding hydrogens is 378 g/mol. The van der Waals surface area contributed by atoms with Gasteiger partial charge in [0, 0.05) is 29.7 Å². The van der Waals surface area contributed by atoms with E-state index in [1.807, 2.05) is 25.7 Å². The Morgan fingerprint density at radius 3 is 2.79 bits per heavy atom. The van der Waals surface area contributed by atoms with E-state index in [-0.39, 0.29) is 16.7 Å². The largest absolute Gasteiger partial charge is 0.444 e. The summed E-state index contributed by atoms with van der Waals surface area (Å²) in [6.07, 6.45) is 1.18. The van der Waals surface area contributed by atoms with Crippen LogP contribution in [0.5, 0.6) is 0 Å².